The molecule has 1 fully saturated rings. The van der Waals surface area contributed by atoms with Crippen LogP contribution >= 0.6 is 11.6 Å². The van der Waals surface area contributed by atoms with Crippen LogP contribution in [0.5, 0.6) is 0 Å². The van der Waals surface area contributed by atoms with Crippen LogP contribution in [0, 0.1) is 5.92 Å². The largest absolute Gasteiger partial charge is 0.311 e. The summed E-state index contributed by atoms with van der Waals surface area (Å²) in [4.78, 5) is 4.27. The van der Waals surface area contributed by atoms with Crippen LogP contribution in [0.2, 0.25) is 0 Å². The summed E-state index contributed by atoms with van der Waals surface area (Å²) in [5.74, 6) is 0.648. The van der Waals surface area contributed by atoms with Crippen molar-refractivity contribution >= 4 is 11.6 Å². The summed E-state index contributed by atoms with van der Waals surface area (Å²) in [6, 6.07) is 6.00. The highest BCUT2D eigenvalue weighted by molar-refractivity contribution is 6.20. The molecule has 0 radical (unpaired) electrons. The fourth-order valence-corrected chi connectivity index (χ4v) is 2.48. The van der Waals surface area contributed by atoms with Gasteiger partial charge in [0, 0.05) is 18.1 Å². The summed E-state index contributed by atoms with van der Waals surface area (Å²) in [5.41, 5.74) is 1.10. The maximum Gasteiger partial charge on any atom is 0.0541 e. The Morgan fingerprint density at radius 1 is 1.40 bits per heavy atom. The summed E-state index contributed by atoms with van der Waals surface area (Å²) in [5, 5.41) is 3.80. The number of aromatic nitrogens is 1. The number of rotatable bonds is 4. The summed E-state index contributed by atoms with van der Waals surface area (Å²) < 4.78 is 0. The maximum absolute atomic E-state index is 6.20. The van der Waals surface area contributed by atoms with Crippen molar-refractivity contribution < 1.29 is 0 Å². The molecule has 0 saturated heterocycles. The van der Waals surface area contributed by atoms with Gasteiger partial charge in [0.05, 0.1) is 5.69 Å². The number of pyridine rings is 1. The molecule has 0 spiro atoms. The fourth-order valence-electron chi connectivity index (χ4n) is 2.11. The highest BCUT2D eigenvalue weighted by Gasteiger charge is 2.24. The van der Waals surface area contributed by atoms with E-state index >= 15 is 0 Å². The van der Waals surface area contributed by atoms with Crippen molar-refractivity contribution in [3.63, 3.8) is 0 Å². The van der Waals surface area contributed by atoms with Crippen LogP contribution in [0.25, 0.3) is 0 Å². The van der Waals surface area contributed by atoms with Gasteiger partial charge in [-0.15, -0.1) is 11.6 Å². The average molecular weight is 225 g/mol. The van der Waals surface area contributed by atoms with Gasteiger partial charge in [-0.05, 0) is 37.4 Å². The highest BCUT2D eigenvalue weighted by Crippen LogP contribution is 2.29. The van der Waals surface area contributed by atoms with Crippen molar-refractivity contribution in [2.75, 3.05) is 6.54 Å². The van der Waals surface area contributed by atoms with E-state index in [4.69, 9.17) is 11.6 Å². The van der Waals surface area contributed by atoms with E-state index in [-0.39, 0.29) is 0 Å². The number of hydrogen-bond donors (Lipinski definition) is 1. The van der Waals surface area contributed by atoms with E-state index in [2.05, 4.69) is 10.3 Å². The standard InChI is InChI=1S/C12H17ClN2/c13-12-6-3-4-10(12)8-14-9-11-5-1-2-7-15-11/h1-2,5,7,10,12,14H,3-4,6,8-9H2. The molecule has 1 saturated carbocycles. The van der Waals surface area contributed by atoms with Crippen LogP contribution in [0.3, 0.4) is 0 Å². The Morgan fingerprint density at radius 2 is 2.33 bits per heavy atom. The van der Waals surface area contributed by atoms with Gasteiger partial charge in [-0.3, -0.25) is 4.98 Å². The molecule has 1 aliphatic rings. The minimum atomic E-state index is 0.376. The smallest absolute Gasteiger partial charge is 0.0541 e. The molecule has 2 nitrogen and oxygen atoms in total. The van der Waals surface area contributed by atoms with E-state index in [1.165, 1.54) is 19.3 Å². The Balaban J connectivity index is 1.71. The van der Waals surface area contributed by atoms with Crippen molar-refractivity contribution in [3.8, 4) is 0 Å². The molecule has 15 heavy (non-hydrogen) atoms. The van der Waals surface area contributed by atoms with Crippen LogP contribution < -0.4 is 5.32 Å². The molecule has 0 aromatic carbocycles. The van der Waals surface area contributed by atoms with E-state index in [0.29, 0.717) is 11.3 Å². The Hall–Kier alpha value is -0.600. The molecular formula is C12H17ClN2. The lowest BCUT2D eigenvalue weighted by Gasteiger charge is -2.14. The Labute approximate surface area is 96.1 Å². The van der Waals surface area contributed by atoms with Crippen LogP contribution in [0.4, 0.5) is 0 Å². The van der Waals surface area contributed by atoms with Crippen molar-refractivity contribution in [2.24, 2.45) is 5.92 Å². The molecule has 2 unspecified atom stereocenters. The first-order valence-corrected chi connectivity index (χ1v) is 6.04. The fraction of sp³-hybridized carbons (Fsp3) is 0.583. The van der Waals surface area contributed by atoms with E-state index in [1.54, 1.807) is 0 Å². The maximum atomic E-state index is 6.20. The van der Waals surface area contributed by atoms with Gasteiger partial charge in [-0.25, -0.2) is 0 Å². The van der Waals surface area contributed by atoms with Gasteiger partial charge in [-0.1, -0.05) is 12.5 Å². The SMILES string of the molecule is ClC1CCCC1CNCc1ccccn1. The number of alkyl halides is 1. The van der Waals surface area contributed by atoms with Gasteiger partial charge in [0.25, 0.3) is 0 Å². The van der Waals surface area contributed by atoms with Crippen molar-refractivity contribution in [2.45, 2.75) is 31.2 Å². The Kier molecular flexibility index (Phi) is 3.98. The minimum absolute atomic E-state index is 0.376. The number of hydrogen-bond acceptors (Lipinski definition) is 2. The first-order chi connectivity index (χ1) is 7.36. The summed E-state index contributed by atoms with van der Waals surface area (Å²) in [7, 11) is 0. The second-order valence-electron chi connectivity index (χ2n) is 4.16. The Bertz CT molecular complexity index is 289. The predicted octanol–water partition coefficient (Wildman–Crippen LogP) is 2.58. The van der Waals surface area contributed by atoms with E-state index < -0.39 is 0 Å². The molecule has 3 heteroatoms. The zero-order valence-corrected chi connectivity index (χ0v) is 9.58. The zero-order valence-electron chi connectivity index (χ0n) is 8.82. The summed E-state index contributed by atoms with van der Waals surface area (Å²) in [6.07, 6.45) is 5.56. The average Bonchev–Trinajstić information content (AvgIpc) is 2.66. The van der Waals surface area contributed by atoms with E-state index in [1.807, 2.05) is 24.4 Å². The van der Waals surface area contributed by atoms with Crippen molar-refractivity contribution in [3.05, 3.63) is 30.1 Å². The molecule has 1 aliphatic carbocycles. The third-order valence-corrected chi connectivity index (χ3v) is 3.58. The monoisotopic (exact) mass is 224 g/mol. The van der Waals surface area contributed by atoms with Crippen LogP contribution in [0.15, 0.2) is 24.4 Å². The van der Waals surface area contributed by atoms with Crippen LogP contribution in [0.1, 0.15) is 25.0 Å². The minimum Gasteiger partial charge on any atom is -0.311 e. The molecule has 0 aliphatic heterocycles. The molecule has 0 amide bonds. The number of nitrogens with one attached hydrogen (secondary N) is 1. The highest BCUT2D eigenvalue weighted by atomic mass is 35.5. The first-order valence-electron chi connectivity index (χ1n) is 5.61. The molecule has 0 bridgehead atoms. The lowest BCUT2D eigenvalue weighted by molar-refractivity contribution is 0.491. The molecule has 2 atom stereocenters. The summed E-state index contributed by atoms with van der Waals surface area (Å²) >= 11 is 6.20. The third-order valence-electron chi connectivity index (χ3n) is 3.01. The summed E-state index contributed by atoms with van der Waals surface area (Å²) in [6.45, 7) is 1.87. The van der Waals surface area contributed by atoms with E-state index in [9.17, 15) is 0 Å². The van der Waals surface area contributed by atoms with Crippen LogP contribution in [-0.4, -0.2) is 16.9 Å². The molecule has 1 N–H and O–H groups in total. The van der Waals surface area contributed by atoms with Gasteiger partial charge in [0.15, 0.2) is 0 Å². The molecule has 82 valence electrons. The lowest BCUT2D eigenvalue weighted by Crippen LogP contribution is -2.25. The second kappa shape index (κ2) is 5.47. The van der Waals surface area contributed by atoms with Gasteiger partial charge in [0.1, 0.15) is 0 Å². The van der Waals surface area contributed by atoms with Gasteiger partial charge in [0.2, 0.25) is 0 Å². The number of nitrogens with zero attached hydrogens (tertiary/aromatic N) is 1. The lowest BCUT2D eigenvalue weighted by atomic mass is 10.1. The molecule has 1 aromatic rings. The topological polar surface area (TPSA) is 24.9 Å². The van der Waals surface area contributed by atoms with E-state index in [0.717, 1.165) is 18.8 Å². The van der Waals surface area contributed by atoms with Gasteiger partial charge >= 0.3 is 0 Å². The molecule has 1 aromatic heterocycles. The normalized spacial score (nSPS) is 25.7. The van der Waals surface area contributed by atoms with Crippen molar-refractivity contribution in [1.82, 2.24) is 10.3 Å². The first kappa shape index (κ1) is 10.9. The molecule has 1 heterocycles. The third kappa shape index (κ3) is 3.18. The molecule has 2 rings (SSSR count). The van der Waals surface area contributed by atoms with Gasteiger partial charge in [-0.2, -0.15) is 0 Å². The quantitative estimate of drug-likeness (QED) is 0.796. The predicted molar refractivity (Wildman–Crippen MR) is 62.9 cm³/mol. The zero-order chi connectivity index (χ0) is 10.5. The Morgan fingerprint density at radius 3 is 3.00 bits per heavy atom. The van der Waals surface area contributed by atoms with Crippen molar-refractivity contribution in [1.29, 1.82) is 0 Å². The number of halogens is 1. The second-order valence-corrected chi connectivity index (χ2v) is 4.72. The molecular weight excluding hydrogens is 208 g/mol. The van der Waals surface area contributed by atoms with Crippen LogP contribution in [-0.2, 0) is 6.54 Å². The van der Waals surface area contributed by atoms with Gasteiger partial charge < -0.3 is 5.32 Å².